The molecule has 2 aliphatic rings. The summed E-state index contributed by atoms with van der Waals surface area (Å²) in [6.45, 7) is 2.35. The second kappa shape index (κ2) is 5.09. The van der Waals surface area contributed by atoms with Crippen LogP contribution in [0.2, 0.25) is 0 Å². The van der Waals surface area contributed by atoms with Crippen molar-refractivity contribution in [1.82, 2.24) is 4.90 Å². The number of nitrogens with zero attached hydrogens (tertiary/aromatic N) is 1. The third-order valence-electron chi connectivity index (χ3n) is 3.74. The smallest absolute Gasteiger partial charge is 0.410 e. The van der Waals surface area contributed by atoms with Crippen LogP contribution in [0.15, 0.2) is 24.3 Å². The lowest BCUT2D eigenvalue weighted by Gasteiger charge is -2.28. The van der Waals surface area contributed by atoms with Crippen LogP contribution in [-0.2, 0) is 4.74 Å². The Kier molecular flexibility index (Phi) is 3.29. The molecule has 0 spiro atoms. The third-order valence-corrected chi connectivity index (χ3v) is 3.74. The normalized spacial score (nSPS) is 25.7. The summed E-state index contributed by atoms with van der Waals surface area (Å²) in [5.74, 6) is 1.25. The first-order valence-electron chi connectivity index (χ1n) is 6.65. The third kappa shape index (κ3) is 2.38. The number of hydrogen-bond acceptors (Lipinski definition) is 4. The lowest BCUT2D eigenvalue weighted by molar-refractivity contribution is 0.133. The summed E-state index contributed by atoms with van der Waals surface area (Å²) in [4.78, 5) is 13.5. The van der Waals surface area contributed by atoms with Crippen molar-refractivity contribution in [3.63, 3.8) is 0 Å². The summed E-state index contributed by atoms with van der Waals surface area (Å²) in [5.41, 5.74) is 6.72. The van der Waals surface area contributed by atoms with Gasteiger partial charge in [0.1, 0.15) is 11.9 Å². The molecule has 0 aliphatic carbocycles. The summed E-state index contributed by atoms with van der Waals surface area (Å²) in [5, 5.41) is 0. The number of ether oxygens (including phenoxy) is 2. The van der Waals surface area contributed by atoms with Crippen LogP contribution in [0.1, 0.15) is 17.9 Å². The van der Waals surface area contributed by atoms with Gasteiger partial charge < -0.3 is 20.1 Å². The van der Waals surface area contributed by atoms with Gasteiger partial charge in [0.05, 0.1) is 13.2 Å². The zero-order valence-corrected chi connectivity index (χ0v) is 10.7. The van der Waals surface area contributed by atoms with Crippen molar-refractivity contribution >= 4 is 6.09 Å². The second-order valence-electron chi connectivity index (χ2n) is 5.02. The van der Waals surface area contributed by atoms with Crippen molar-refractivity contribution < 1.29 is 14.3 Å². The molecule has 1 amide bonds. The Balaban J connectivity index is 1.73. The summed E-state index contributed by atoms with van der Waals surface area (Å²) < 4.78 is 10.8. The molecule has 0 aromatic heterocycles. The number of carbonyl (C=O) groups is 1. The van der Waals surface area contributed by atoms with Crippen LogP contribution in [0.25, 0.3) is 0 Å². The number of cyclic esters (lactones) is 1. The molecule has 1 aromatic rings. The molecule has 2 heterocycles. The van der Waals surface area contributed by atoms with Gasteiger partial charge in [-0.15, -0.1) is 0 Å². The molecule has 3 rings (SSSR count). The molecule has 0 bridgehead atoms. The molecule has 0 radical (unpaired) electrons. The number of rotatable bonds is 3. The second-order valence-corrected chi connectivity index (χ2v) is 5.02. The molecule has 5 nitrogen and oxygen atoms in total. The fourth-order valence-corrected chi connectivity index (χ4v) is 2.72. The molecule has 1 aromatic carbocycles. The van der Waals surface area contributed by atoms with Crippen LogP contribution < -0.4 is 10.5 Å². The maximum atomic E-state index is 11.7. The monoisotopic (exact) mass is 262 g/mol. The topological polar surface area (TPSA) is 64.8 Å². The van der Waals surface area contributed by atoms with Crippen molar-refractivity contribution in [1.29, 1.82) is 0 Å². The Morgan fingerprint density at radius 1 is 1.37 bits per heavy atom. The van der Waals surface area contributed by atoms with Crippen LogP contribution in [0.5, 0.6) is 5.75 Å². The van der Waals surface area contributed by atoms with Gasteiger partial charge in [0.25, 0.3) is 0 Å². The van der Waals surface area contributed by atoms with Gasteiger partial charge in [-0.1, -0.05) is 18.2 Å². The highest BCUT2D eigenvalue weighted by Crippen LogP contribution is 2.34. The highest BCUT2D eigenvalue weighted by Gasteiger charge is 2.33. The van der Waals surface area contributed by atoms with E-state index in [0.29, 0.717) is 32.2 Å². The van der Waals surface area contributed by atoms with Crippen LogP contribution in [-0.4, -0.2) is 43.3 Å². The minimum absolute atomic E-state index is 0.164. The minimum Gasteiger partial charge on any atom is -0.493 e. The lowest BCUT2D eigenvalue weighted by Crippen LogP contribution is -2.33. The van der Waals surface area contributed by atoms with Gasteiger partial charge in [0.2, 0.25) is 0 Å². The fraction of sp³-hybridized carbons (Fsp3) is 0.500. The molecule has 2 atom stereocenters. The van der Waals surface area contributed by atoms with E-state index < -0.39 is 0 Å². The number of hydrogen-bond donors (Lipinski definition) is 1. The van der Waals surface area contributed by atoms with Gasteiger partial charge in [-0.2, -0.15) is 0 Å². The Labute approximate surface area is 112 Å². The molecular formula is C14H18N2O3. The molecule has 2 N–H and O–H groups in total. The summed E-state index contributed by atoms with van der Waals surface area (Å²) >= 11 is 0. The Bertz CT molecular complexity index is 478. The van der Waals surface area contributed by atoms with Gasteiger partial charge in [0, 0.05) is 19.0 Å². The van der Waals surface area contributed by atoms with Crippen molar-refractivity contribution in [3.8, 4) is 5.75 Å². The number of amides is 1. The first-order valence-corrected chi connectivity index (χ1v) is 6.65. The molecular weight excluding hydrogens is 244 g/mol. The zero-order chi connectivity index (χ0) is 13.2. The summed E-state index contributed by atoms with van der Waals surface area (Å²) in [6, 6.07) is 8.02. The first kappa shape index (κ1) is 12.3. The van der Waals surface area contributed by atoms with E-state index in [9.17, 15) is 4.79 Å². The predicted molar refractivity (Wildman–Crippen MR) is 70.2 cm³/mol. The number of nitrogens with two attached hydrogens (primary N) is 1. The van der Waals surface area contributed by atoms with Crippen LogP contribution in [0.4, 0.5) is 4.79 Å². The van der Waals surface area contributed by atoms with Crippen molar-refractivity contribution in [2.45, 2.75) is 18.4 Å². The Morgan fingerprint density at radius 2 is 2.21 bits per heavy atom. The van der Waals surface area contributed by atoms with Gasteiger partial charge in [0.15, 0.2) is 0 Å². The highest BCUT2D eigenvalue weighted by molar-refractivity contribution is 5.70. The van der Waals surface area contributed by atoms with Crippen molar-refractivity contribution in [2.75, 3.05) is 26.2 Å². The molecule has 2 unspecified atom stereocenters. The molecule has 0 saturated carbocycles. The molecule has 5 heteroatoms. The maximum Gasteiger partial charge on any atom is 0.410 e. The van der Waals surface area contributed by atoms with E-state index in [0.717, 1.165) is 12.2 Å². The SMILES string of the molecule is NCC1CN(CC2CCOc3ccccc32)C(=O)O1. The van der Waals surface area contributed by atoms with Crippen LogP contribution in [0, 0.1) is 0 Å². The maximum absolute atomic E-state index is 11.7. The van der Waals surface area contributed by atoms with E-state index in [1.807, 2.05) is 18.2 Å². The largest absolute Gasteiger partial charge is 0.493 e. The number of benzene rings is 1. The first-order chi connectivity index (χ1) is 9.28. The van der Waals surface area contributed by atoms with E-state index in [1.165, 1.54) is 5.56 Å². The van der Waals surface area contributed by atoms with E-state index in [4.69, 9.17) is 15.2 Å². The van der Waals surface area contributed by atoms with E-state index >= 15 is 0 Å². The number of fused-ring (bicyclic) bond motifs is 1. The fourth-order valence-electron chi connectivity index (χ4n) is 2.72. The van der Waals surface area contributed by atoms with Crippen molar-refractivity contribution in [2.24, 2.45) is 5.73 Å². The van der Waals surface area contributed by atoms with E-state index in [2.05, 4.69) is 6.07 Å². The molecule has 1 fully saturated rings. The summed E-state index contributed by atoms with van der Waals surface area (Å²) in [7, 11) is 0. The lowest BCUT2D eigenvalue weighted by atomic mass is 9.92. The van der Waals surface area contributed by atoms with Gasteiger partial charge >= 0.3 is 6.09 Å². The molecule has 102 valence electrons. The minimum atomic E-state index is -0.251. The summed E-state index contributed by atoms with van der Waals surface area (Å²) in [6.07, 6.45) is 0.510. The molecule has 19 heavy (non-hydrogen) atoms. The molecule has 2 aliphatic heterocycles. The van der Waals surface area contributed by atoms with Gasteiger partial charge in [-0.05, 0) is 18.1 Å². The van der Waals surface area contributed by atoms with Gasteiger partial charge in [-0.3, -0.25) is 0 Å². The Morgan fingerprint density at radius 3 is 3.00 bits per heavy atom. The average Bonchev–Trinajstić information content (AvgIpc) is 2.80. The van der Waals surface area contributed by atoms with E-state index in [-0.39, 0.29) is 12.2 Å². The van der Waals surface area contributed by atoms with Crippen LogP contribution >= 0.6 is 0 Å². The van der Waals surface area contributed by atoms with Gasteiger partial charge in [-0.25, -0.2) is 4.79 Å². The zero-order valence-electron chi connectivity index (χ0n) is 10.7. The van der Waals surface area contributed by atoms with E-state index in [1.54, 1.807) is 4.90 Å². The Hall–Kier alpha value is -1.75. The van der Waals surface area contributed by atoms with Crippen LogP contribution in [0.3, 0.4) is 0 Å². The standard InChI is InChI=1S/C14H18N2O3/c15-7-11-9-16(14(17)19-11)8-10-5-6-18-13-4-2-1-3-12(10)13/h1-4,10-11H,5-9,15H2. The molecule has 1 saturated heterocycles. The highest BCUT2D eigenvalue weighted by atomic mass is 16.6. The predicted octanol–water partition coefficient (Wildman–Crippen LogP) is 1.33. The van der Waals surface area contributed by atoms with Crippen molar-refractivity contribution in [3.05, 3.63) is 29.8 Å². The average molecular weight is 262 g/mol. The quantitative estimate of drug-likeness (QED) is 0.892. The number of carbonyl (C=O) groups excluding carboxylic acids is 1. The number of para-hydroxylation sites is 1.